The van der Waals surface area contributed by atoms with Crippen molar-refractivity contribution in [2.45, 2.75) is 12.1 Å². The molecule has 1 aliphatic carbocycles. The molecule has 3 aromatic carbocycles. The molecule has 2 aliphatic rings. The zero-order chi connectivity index (χ0) is 23.0. The SMILES string of the molecule is COc1ccccc1CN1CCN(C2(c3cccc(Cl)c3)C(=O)c3ccccc3C2=O)CC1. The van der Waals surface area contributed by atoms with E-state index >= 15 is 0 Å². The van der Waals surface area contributed by atoms with E-state index in [4.69, 9.17) is 16.3 Å². The Morgan fingerprint density at radius 2 is 1.48 bits per heavy atom. The fourth-order valence-corrected chi connectivity index (χ4v) is 5.32. The van der Waals surface area contributed by atoms with Crippen molar-refractivity contribution in [2.24, 2.45) is 0 Å². The number of nitrogens with zero attached hydrogens (tertiary/aromatic N) is 2. The van der Waals surface area contributed by atoms with Gasteiger partial charge in [-0.2, -0.15) is 0 Å². The third kappa shape index (κ3) is 3.57. The third-order valence-corrected chi connectivity index (χ3v) is 6.98. The van der Waals surface area contributed by atoms with Gasteiger partial charge in [-0.3, -0.25) is 19.4 Å². The van der Waals surface area contributed by atoms with Crippen molar-refractivity contribution in [1.29, 1.82) is 0 Å². The Balaban J connectivity index is 1.46. The second-order valence-electron chi connectivity index (χ2n) is 8.50. The minimum atomic E-state index is -1.37. The van der Waals surface area contributed by atoms with Gasteiger partial charge >= 0.3 is 0 Å². The van der Waals surface area contributed by atoms with Gasteiger partial charge in [0.05, 0.1) is 7.11 Å². The lowest BCUT2D eigenvalue weighted by Crippen LogP contribution is -2.60. The lowest BCUT2D eigenvalue weighted by atomic mass is 9.82. The van der Waals surface area contributed by atoms with Crippen molar-refractivity contribution in [1.82, 2.24) is 9.80 Å². The largest absolute Gasteiger partial charge is 0.496 e. The molecule has 33 heavy (non-hydrogen) atoms. The first-order chi connectivity index (χ1) is 16.1. The van der Waals surface area contributed by atoms with E-state index in [-0.39, 0.29) is 11.6 Å². The van der Waals surface area contributed by atoms with Crippen molar-refractivity contribution in [3.05, 3.63) is 100 Å². The number of halogens is 1. The van der Waals surface area contributed by atoms with Crippen molar-refractivity contribution in [3.63, 3.8) is 0 Å². The van der Waals surface area contributed by atoms with Gasteiger partial charge in [0.15, 0.2) is 17.1 Å². The summed E-state index contributed by atoms with van der Waals surface area (Å²) in [5.74, 6) is 0.541. The molecule has 5 nitrogen and oxygen atoms in total. The van der Waals surface area contributed by atoms with Gasteiger partial charge in [-0.25, -0.2) is 0 Å². The van der Waals surface area contributed by atoms with Crippen LogP contribution < -0.4 is 4.74 Å². The summed E-state index contributed by atoms with van der Waals surface area (Å²) < 4.78 is 5.50. The first-order valence-corrected chi connectivity index (χ1v) is 11.5. The monoisotopic (exact) mass is 460 g/mol. The lowest BCUT2D eigenvalue weighted by Gasteiger charge is -2.44. The summed E-state index contributed by atoms with van der Waals surface area (Å²) >= 11 is 6.31. The summed E-state index contributed by atoms with van der Waals surface area (Å²) in [7, 11) is 1.68. The third-order valence-electron chi connectivity index (χ3n) is 6.75. The van der Waals surface area contributed by atoms with Gasteiger partial charge in [0.1, 0.15) is 5.75 Å². The molecule has 0 spiro atoms. The summed E-state index contributed by atoms with van der Waals surface area (Å²) in [5, 5.41) is 0.512. The maximum Gasteiger partial charge on any atom is 0.196 e. The van der Waals surface area contributed by atoms with Crippen LogP contribution in [-0.4, -0.2) is 54.7 Å². The molecule has 0 saturated carbocycles. The van der Waals surface area contributed by atoms with Crippen molar-refractivity contribution in [2.75, 3.05) is 33.3 Å². The number of methoxy groups -OCH3 is 1. The molecule has 0 unspecified atom stereocenters. The Hall–Kier alpha value is -2.99. The number of Topliss-reactive ketones (excluding diaryl/α,β-unsaturated/α-hetero) is 2. The van der Waals surface area contributed by atoms with Crippen LogP contribution in [0.25, 0.3) is 0 Å². The summed E-state index contributed by atoms with van der Waals surface area (Å²) in [6.45, 7) is 3.40. The Morgan fingerprint density at radius 3 is 2.12 bits per heavy atom. The molecule has 5 rings (SSSR count). The number of para-hydroxylation sites is 1. The van der Waals surface area contributed by atoms with Crippen LogP contribution >= 0.6 is 11.6 Å². The standard InChI is InChI=1S/C27H25ClN2O3/c1-33-24-12-5-2-7-19(24)18-29-13-15-30(16-14-29)27(20-8-6-9-21(28)17-20)25(31)22-10-3-4-11-23(22)26(27)32/h2-12,17H,13-16,18H2,1H3. The lowest BCUT2D eigenvalue weighted by molar-refractivity contribution is 0.0278. The second kappa shape index (κ2) is 8.75. The van der Waals surface area contributed by atoms with Gasteiger partial charge in [-0.1, -0.05) is 66.2 Å². The number of hydrogen-bond donors (Lipinski definition) is 0. The molecular formula is C27H25ClN2O3. The number of piperazine rings is 1. The Bertz CT molecular complexity index is 1180. The van der Waals surface area contributed by atoms with Crippen molar-refractivity contribution < 1.29 is 14.3 Å². The maximum absolute atomic E-state index is 13.9. The van der Waals surface area contributed by atoms with Crippen LogP contribution in [0.4, 0.5) is 0 Å². The van der Waals surface area contributed by atoms with Gasteiger partial charge in [0.25, 0.3) is 0 Å². The topological polar surface area (TPSA) is 49.9 Å². The quantitative estimate of drug-likeness (QED) is 0.527. The Labute approximate surface area is 198 Å². The van der Waals surface area contributed by atoms with E-state index in [1.807, 2.05) is 41.3 Å². The molecule has 1 fully saturated rings. The van der Waals surface area contributed by atoms with Crippen LogP contribution in [0.5, 0.6) is 5.75 Å². The highest BCUT2D eigenvalue weighted by Gasteiger charge is 2.58. The molecule has 1 aliphatic heterocycles. The first-order valence-electron chi connectivity index (χ1n) is 11.1. The summed E-state index contributed by atoms with van der Waals surface area (Å²) in [4.78, 5) is 32.1. The number of carbonyl (C=O) groups is 2. The van der Waals surface area contributed by atoms with Crippen molar-refractivity contribution in [3.8, 4) is 5.75 Å². The molecule has 168 valence electrons. The number of benzene rings is 3. The first kappa shape index (κ1) is 21.8. The van der Waals surface area contributed by atoms with Crippen LogP contribution in [0.2, 0.25) is 5.02 Å². The van der Waals surface area contributed by atoms with Crippen LogP contribution in [0.1, 0.15) is 31.8 Å². The smallest absolute Gasteiger partial charge is 0.196 e. The molecular weight excluding hydrogens is 436 g/mol. The highest BCUT2D eigenvalue weighted by molar-refractivity contribution is 6.34. The molecule has 0 amide bonds. The molecule has 1 saturated heterocycles. The van der Waals surface area contributed by atoms with Gasteiger partial charge in [0, 0.05) is 54.4 Å². The predicted molar refractivity (Wildman–Crippen MR) is 128 cm³/mol. The van der Waals surface area contributed by atoms with E-state index < -0.39 is 5.54 Å². The van der Waals surface area contributed by atoms with Crippen LogP contribution in [0.3, 0.4) is 0 Å². The number of fused-ring (bicyclic) bond motifs is 1. The van der Waals surface area contributed by atoms with E-state index in [0.29, 0.717) is 34.8 Å². The van der Waals surface area contributed by atoms with Gasteiger partial charge in [0.2, 0.25) is 0 Å². The molecule has 0 aromatic heterocycles. The van der Waals surface area contributed by atoms with E-state index in [1.165, 1.54) is 0 Å². The van der Waals surface area contributed by atoms with E-state index in [0.717, 1.165) is 30.9 Å². The number of ketones is 2. The van der Waals surface area contributed by atoms with Crippen molar-refractivity contribution >= 4 is 23.2 Å². The Kier molecular flexibility index (Phi) is 5.79. The summed E-state index contributed by atoms with van der Waals surface area (Å²) in [6, 6.07) is 22.3. The molecule has 0 radical (unpaired) electrons. The normalized spacial score (nSPS) is 18.4. The molecule has 3 aromatic rings. The zero-order valence-electron chi connectivity index (χ0n) is 18.5. The maximum atomic E-state index is 13.9. The molecule has 0 atom stereocenters. The molecule has 0 bridgehead atoms. The number of rotatable bonds is 5. The van der Waals surface area contributed by atoms with E-state index in [9.17, 15) is 9.59 Å². The van der Waals surface area contributed by atoms with Crippen LogP contribution in [0, 0.1) is 0 Å². The minimum Gasteiger partial charge on any atom is -0.496 e. The fourth-order valence-electron chi connectivity index (χ4n) is 5.13. The second-order valence-corrected chi connectivity index (χ2v) is 8.94. The zero-order valence-corrected chi connectivity index (χ0v) is 19.2. The number of ether oxygens (including phenoxy) is 1. The summed E-state index contributed by atoms with van der Waals surface area (Å²) in [6.07, 6.45) is 0. The van der Waals surface area contributed by atoms with Gasteiger partial charge < -0.3 is 4.74 Å². The molecule has 0 N–H and O–H groups in total. The molecule has 6 heteroatoms. The van der Waals surface area contributed by atoms with E-state index in [2.05, 4.69) is 11.0 Å². The predicted octanol–water partition coefficient (Wildman–Crippen LogP) is 4.44. The minimum absolute atomic E-state index is 0.163. The van der Waals surface area contributed by atoms with Gasteiger partial charge in [-0.15, -0.1) is 0 Å². The van der Waals surface area contributed by atoms with Gasteiger partial charge in [-0.05, 0) is 23.8 Å². The van der Waals surface area contributed by atoms with E-state index in [1.54, 1.807) is 37.4 Å². The highest BCUT2D eigenvalue weighted by atomic mass is 35.5. The summed E-state index contributed by atoms with van der Waals surface area (Å²) in [5.41, 5.74) is 1.36. The molecule has 1 heterocycles. The average molecular weight is 461 g/mol. The average Bonchev–Trinajstić information content (AvgIpc) is 3.08. The number of hydrogen-bond acceptors (Lipinski definition) is 5. The Morgan fingerprint density at radius 1 is 0.848 bits per heavy atom. The van der Waals surface area contributed by atoms with Crippen LogP contribution in [0.15, 0.2) is 72.8 Å². The number of carbonyl (C=O) groups excluding carboxylic acids is 2. The van der Waals surface area contributed by atoms with Crippen LogP contribution in [-0.2, 0) is 12.1 Å². The highest BCUT2D eigenvalue weighted by Crippen LogP contribution is 2.43. The fraction of sp³-hybridized carbons (Fsp3) is 0.259.